The Morgan fingerprint density at radius 3 is 1.71 bits per heavy atom. The topological polar surface area (TPSA) is 38.0 Å². The van der Waals surface area contributed by atoms with Crippen molar-refractivity contribution in [1.82, 2.24) is 9.55 Å². The largest absolute Gasteiger partial charge is 0.378 e. The van der Waals surface area contributed by atoms with Gasteiger partial charge in [0.1, 0.15) is 11.1 Å². The lowest BCUT2D eigenvalue weighted by Crippen LogP contribution is -2.37. The molecule has 1 unspecified atom stereocenters. The van der Waals surface area contributed by atoms with E-state index in [0.717, 1.165) is 38.6 Å². The van der Waals surface area contributed by atoms with Gasteiger partial charge in [0.2, 0.25) is 0 Å². The zero-order valence-corrected chi connectivity index (χ0v) is 23.5. The fourth-order valence-corrected chi connectivity index (χ4v) is 6.09. The Morgan fingerprint density at radius 2 is 1.20 bits per heavy atom. The molecule has 41 heavy (non-hydrogen) atoms. The summed E-state index contributed by atoms with van der Waals surface area (Å²) in [6, 6.07) is 44.0. The van der Waals surface area contributed by atoms with Gasteiger partial charge in [-0.25, -0.2) is 4.98 Å². The van der Waals surface area contributed by atoms with Crippen LogP contribution in [0.25, 0.3) is 16.8 Å². The minimum Gasteiger partial charge on any atom is -0.378 e. The average Bonchev–Trinajstić information content (AvgIpc) is 3.53. The summed E-state index contributed by atoms with van der Waals surface area (Å²) in [6.07, 6.45) is 5.74. The van der Waals surface area contributed by atoms with Gasteiger partial charge in [0.25, 0.3) is 0 Å². The van der Waals surface area contributed by atoms with Crippen LogP contribution in [0.15, 0.2) is 146 Å². The highest BCUT2D eigenvalue weighted by Crippen LogP contribution is 2.43. The van der Waals surface area contributed by atoms with Crippen LogP contribution in [0.1, 0.15) is 47.4 Å². The molecule has 0 radical (unpaired) electrons. The lowest BCUT2D eigenvalue weighted by molar-refractivity contribution is 0.0279. The van der Waals surface area contributed by atoms with Crippen molar-refractivity contribution in [3.63, 3.8) is 0 Å². The predicted octanol–water partition coefficient (Wildman–Crippen LogP) is 8.41. The van der Waals surface area contributed by atoms with Crippen LogP contribution in [0.2, 0.25) is 0 Å². The highest BCUT2D eigenvalue weighted by atomic mass is 16.3. The molecule has 0 fully saturated rings. The fraction of sp³-hybridized carbons (Fsp3) is 0.132. The van der Waals surface area contributed by atoms with Crippen LogP contribution in [-0.2, 0) is 11.1 Å². The maximum Gasteiger partial charge on any atom is 0.135 e. The van der Waals surface area contributed by atoms with Crippen LogP contribution >= 0.6 is 0 Å². The molecule has 0 saturated carbocycles. The van der Waals surface area contributed by atoms with Gasteiger partial charge in [-0.1, -0.05) is 142 Å². The summed E-state index contributed by atoms with van der Waals surface area (Å²) in [5.74, 6) is -0.129. The summed E-state index contributed by atoms with van der Waals surface area (Å²) in [7, 11) is 0. The second-order valence-electron chi connectivity index (χ2n) is 10.9. The van der Waals surface area contributed by atoms with Gasteiger partial charge in [0, 0.05) is 6.20 Å². The third-order valence-corrected chi connectivity index (χ3v) is 8.31. The molecular weight excluding hydrogens is 500 g/mol. The lowest BCUT2D eigenvalue weighted by Gasteiger charge is -2.37. The van der Waals surface area contributed by atoms with Crippen molar-refractivity contribution in [2.45, 2.75) is 25.0 Å². The first-order valence-corrected chi connectivity index (χ1v) is 14.1. The van der Waals surface area contributed by atoms with Gasteiger partial charge in [0.05, 0.1) is 12.0 Å². The molecule has 1 aromatic heterocycles. The molecule has 3 heteroatoms. The molecule has 0 aliphatic carbocycles. The standard InChI is InChI=1S/C38H34N2O/c1-4-29-20-21-31-25-35(23-22-30(31)24-29)38(41,28(2)3)36-26-40(27-39-36)37(32-14-8-5-9-15-32,33-16-10-6-11-17-33)34-18-12-7-13-19-34/h4-28,41H,1H2,2-3H3. The number of hydrogen-bond acceptors (Lipinski definition) is 2. The van der Waals surface area contributed by atoms with Crippen LogP contribution in [0, 0.1) is 5.92 Å². The quantitative estimate of drug-likeness (QED) is 0.199. The SMILES string of the molecule is C=Cc1ccc2cc(C(O)(c3cn(C(c4ccccc4)(c4ccccc4)c4ccccc4)cn3)C(C)C)ccc2c1. The number of fused-ring (bicyclic) bond motifs is 1. The second-order valence-corrected chi connectivity index (χ2v) is 10.9. The minimum atomic E-state index is -1.30. The Balaban J connectivity index is 1.58. The zero-order valence-electron chi connectivity index (χ0n) is 23.5. The van der Waals surface area contributed by atoms with Gasteiger partial charge in [-0.15, -0.1) is 0 Å². The van der Waals surface area contributed by atoms with E-state index in [0.29, 0.717) is 5.69 Å². The molecule has 3 nitrogen and oxygen atoms in total. The maximum atomic E-state index is 12.5. The van der Waals surface area contributed by atoms with Gasteiger partial charge in [0.15, 0.2) is 0 Å². The molecular formula is C38H34N2O. The summed E-state index contributed by atoms with van der Waals surface area (Å²) < 4.78 is 2.16. The van der Waals surface area contributed by atoms with E-state index in [-0.39, 0.29) is 5.92 Å². The lowest BCUT2D eigenvalue weighted by atomic mass is 9.76. The summed E-state index contributed by atoms with van der Waals surface area (Å²) >= 11 is 0. The Kier molecular flexibility index (Phi) is 6.90. The second kappa shape index (κ2) is 10.7. The van der Waals surface area contributed by atoms with Gasteiger partial charge in [-0.05, 0) is 56.6 Å². The number of rotatable bonds is 8. The third-order valence-electron chi connectivity index (χ3n) is 8.31. The molecule has 0 spiro atoms. The van der Waals surface area contributed by atoms with Crippen molar-refractivity contribution in [1.29, 1.82) is 0 Å². The number of hydrogen-bond donors (Lipinski definition) is 1. The summed E-state index contributed by atoms with van der Waals surface area (Å²) in [5.41, 5.74) is 3.84. The number of imidazole rings is 1. The van der Waals surface area contributed by atoms with Crippen molar-refractivity contribution in [3.05, 3.63) is 180 Å². The molecule has 1 atom stereocenters. The van der Waals surface area contributed by atoms with E-state index in [1.807, 2.05) is 56.7 Å². The molecule has 0 aliphatic heterocycles. The van der Waals surface area contributed by atoms with Crippen molar-refractivity contribution >= 4 is 16.8 Å². The molecule has 6 aromatic rings. The predicted molar refractivity (Wildman–Crippen MR) is 169 cm³/mol. The third kappa shape index (κ3) is 4.39. The highest BCUT2D eigenvalue weighted by molar-refractivity contribution is 5.85. The first-order valence-electron chi connectivity index (χ1n) is 14.1. The number of nitrogens with zero attached hydrogens (tertiary/aromatic N) is 2. The molecule has 5 aromatic carbocycles. The summed E-state index contributed by atoms with van der Waals surface area (Å²) in [5, 5.41) is 14.7. The Hall–Kier alpha value is -4.73. The summed E-state index contributed by atoms with van der Waals surface area (Å²) in [6.45, 7) is 7.98. The first kappa shape index (κ1) is 26.5. The number of aliphatic hydroxyl groups is 1. The molecule has 202 valence electrons. The van der Waals surface area contributed by atoms with Crippen molar-refractivity contribution in [2.24, 2.45) is 5.92 Å². The van der Waals surface area contributed by atoms with Gasteiger partial charge >= 0.3 is 0 Å². The number of aromatic nitrogens is 2. The number of benzene rings is 5. The molecule has 0 amide bonds. The molecule has 0 bridgehead atoms. The van der Waals surface area contributed by atoms with Gasteiger partial charge < -0.3 is 9.67 Å². The molecule has 6 rings (SSSR count). The van der Waals surface area contributed by atoms with Crippen LogP contribution in [0.5, 0.6) is 0 Å². The smallest absolute Gasteiger partial charge is 0.135 e. The summed E-state index contributed by atoms with van der Waals surface area (Å²) in [4.78, 5) is 4.94. The normalized spacial score (nSPS) is 13.3. The van der Waals surface area contributed by atoms with Crippen molar-refractivity contribution in [3.8, 4) is 0 Å². The van der Waals surface area contributed by atoms with E-state index in [9.17, 15) is 5.11 Å². The maximum absolute atomic E-state index is 12.5. The zero-order chi connectivity index (χ0) is 28.5. The van der Waals surface area contributed by atoms with Crippen LogP contribution in [0.3, 0.4) is 0 Å². The Labute approximate surface area is 242 Å². The molecule has 0 aliphatic rings. The van der Waals surface area contributed by atoms with E-state index in [1.165, 1.54) is 0 Å². The Bertz CT molecular complexity index is 1690. The highest BCUT2D eigenvalue weighted by Gasteiger charge is 2.42. The van der Waals surface area contributed by atoms with E-state index in [2.05, 4.69) is 114 Å². The van der Waals surface area contributed by atoms with Crippen molar-refractivity contribution < 1.29 is 5.11 Å². The molecule has 1 heterocycles. The van der Waals surface area contributed by atoms with E-state index < -0.39 is 11.1 Å². The van der Waals surface area contributed by atoms with Crippen LogP contribution in [-0.4, -0.2) is 14.7 Å². The van der Waals surface area contributed by atoms with Gasteiger partial charge in [-0.3, -0.25) is 0 Å². The van der Waals surface area contributed by atoms with Crippen molar-refractivity contribution in [2.75, 3.05) is 0 Å². The first-order chi connectivity index (χ1) is 20.0. The van der Waals surface area contributed by atoms with E-state index in [1.54, 1.807) is 0 Å². The fourth-order valence-electron chi connectivity index (χ4n) is 6.09. The Morgan fingerprint density at radius 1 is 0.683 bits per heavy atom. The van der Waals surface area contributed by atoms with Crippen LogP contribution in [0.4, 0.5) is 0 Å². The van der Waals surface area contributed by atoms with Crippen LogP contribution < -0.4 is 0 Å². The molecule has 0 saturated heterocycles. The molecule has 1 N–H and O–H groups in total. The van der Waals surface area contributed by atoms with E-state index >= 15 is 0 Å². The van der Waals surface area contributed by atoms with Gasteiger partial charge in [-0.2, -0.15) is 0 Å². The van der Waals surface area contributed by atoms with E-state index in [4.69, 9.17) is 4.98 Å². The average molecular weight is 535 g/mol. The monoisotopic (exact) mass is 534 g/mol. The minimum absolute atomic E-state index is 0.129.